The van der Waals surface area contributed by atoms with E-state index < -0.39 is 0 Å². The molecule has 1 heterocycles. The maximum Gasteiger partial charge on any atom is 0.120 e. The molecule has 14 heavy (non-hydrogen) atoms. The lowest BCUT2D eigenvalue weighted by Crippen LogP contribution is -1.90. The quantitative estimate of drug-likeness (QED) is 0.539. The average Bonchev–Trinajstić information content (AvgIpc) is 2.94. The largest absolute Gasteiger partial charge is 0.364 e. The first kappa shape index (κ1) is 9.41. The standard InChI is InChI=1S/C12H14O2/c1-9-4-2-5-10(8-9)12-11(14-12)6-3-7-13/h2,4-5,7-8,11-12H,3,6H2,1H3. The van der Waals surface area contributed by atoms with Crippen molar-refractivity contribution in [2.75, 3.05) is 0 Å². The number of hydrogen-bond donors (Lipinski definition) is 0. The molecule has 2 heteroatoms. The van der Waals surface area contributed by atoms with Crippen molar-refractivity contribution in [2.24, 2.45) is 0 Å². The van der Waals surface area contributed by atoms with Crippen LogP contribution in [0.5, 0.6) is 0 Å². The second-order valence-electron chi connectivity index (χ2n) is 3.75. The summed E-state index contributed by atoms with van der Waals surface area (Å²) in [6.07, 6.45) is 2.90. The highest BCUT2D eigenvalue weighted by Gasteiger charge is 2.39. The second-order valence-corrected chi connectivity index (χ2v) is 3.75. The lowest BCUT2D eigenvalue weighted by molar-refractivity contribution is -0.108. The summed E-state index contributed by atoms with van der Waals surface area (Å²) in [5.74, 6) is 0. The fourth-order valence-corrected chi connectivity index (χ4v) is 1.73. The van der Waals surface area contributed by atoms with E-state index in [1.54, 1.807) is 0 Å². The Hall–Kier alpha value is -1.15. The summed E-state index contributed by atoms with van der Waals surface area (Å²) in [6, 6.07) is 8.35. The fourth-order valence-electron chi connectivity index (χ4n) is 1.73. The van der Waals surface area contributed by atoms with Gasteiger partial charge in [-0.25, -0.2) is 0 Å². The number of benzene rings is 1. The Bertz CT molecular complexity index is 333. The molecule has 1 aliphatic heterocycles. The van der Waals surface area contributed by atoms with Crippen LogP contribution in [0.1, 0.15) is 30.1 Å². The molecule has 2 unspecified atom stereocenters. The van der Waals surface area contributed by atoms with Crippen molar-refractivity contribution >= 4 is 6.29 Å². The molecule has 74 valence electrons. The van der Waals surface area contributed by atoms with E-state index in [1.165, 1.54) is 11.1 Å². The van der Waals surface area contributed by atoms with Crippen LogP contribution in [0, 0.1) is 6.92 Å². The zero-order chi connectivity index (χ0) is 9.97. The molecule has 2 nitrogen and oxygen atoms in total. The highest BCUT2D eigenvalue weighted by atomic mass is 16.6. The van der Waals surface area contributed by atoms with Gasteiger partial charge in [0, 0.05) is 6.42 Å². The third kappa shape index (κ3) is 2.02. The van der Waals surface area contributed by atoms with Gasteiger partial charge in [-0.15, -0.1) is 0 Å². The molecular formula is C12H14O2. The summed E-state index contributed by atoms with van der Waals surface area (Å²) < 4.78 is 5.50. The van der Waals surface area contributed by atoms with Gasteiger partial charge in [0.2, 0.25) is 0 Å². The Morgan fingerprint density at radius 2 is 2.36 bits per heavy atom. The Kier molecular flexibility index (Phi) is 2.64. The van der Waals surface area contributed by atoms with Gasteiger partial charge in [0.1, 0.15) is 12.4 Å². The smallest absolute Gasteiger partial charge is 0.120 e. The molecule has 0 saturated carbocycles. The van der Waals surface area contributed by atoms with Crippen LogP contribution < -0.4 is 0 Å². The third-order valence-electron chi connectivity index (χ3n) is 2.52. The Balaban J connectivity index is 1.95. The molecule has 1 saturated heterocycles. The van der Waals surface area contributed by atoms with Gasteiger partial charge >= 0.3 is 0 Å². The van der Waals surface area contributed by atoms with Crippen molar-refractivity contribution in [3.63, 3.8) is 0 Å². The molecule has 0 bridgehead atoms. The molecule has 0 amide bonds. The minimum Gasteiger partial charge on any atom is -0.364 e. The molecule has 0 N–H and O–H groups in total. The first-order chi connectivity index (χ1) is 6.81. The summed E-state index contributed by atoms with van der Waals surface area (Å²) in [7, 11) is 0. The van der Waals surface area contributed by atoms with Gasteiger partial charge < -0.3 is 9.53 Å². The van der Waals surface area contributed by atoms with Crippen LogP contribution >= 0.6 is 0 Å². The summed E-state index contributed by atoms with van der Waals surface area (Å²) >= 11 is 0. The van der Waals surface area contributed by atoms with E-state index in [1.807, 2.05) is 6.07 Å². The summed E-state index contributed by atoms with van der Waals surface area (Å²) in [5.41, 5.74) is 2.49. The summed E-state index contributed by atoms with van der Waals surface area (Å²) in [4.78, 5) is 10.2. The average molecular weight is 190 g/mol. The molecule has 1 aliphatic rings. The minimum absolute atomic E-state index is 0.231. The van der Waals surface area contributed by atoms with Gasteiger partial charge in [0.25, 0.3) is 0 Å². The van der Waals surface area contributed by atoms with Crippen LogP contribution in [0.25, 0.3) is 0 Å². The molecule has 2 rings (SSSR count). The van der Waals surface area contributed by atoms with Crippen molar-refractivity contribution in [1.29, 1.82) is 0 Å². The molecule has 1 aromatic rings. The minimum atomic E-state index is 0.231. The zero-order valence-electron chi connectivity index (χ0n) is 8.27. The highest BCUT2D eigenvalue weighted by Crippen LogP contribution is 2.41. The van der Waals surface area contributed by atoms with Crippen LogP contribution in [0.2, 0.25) is 0 Å². The number of ether oxygens (including phenoxy) is 1. The van der Waals surface area contributed by atoms with Gasteiger partial charge in [-0.3, -0.25) is 0 Å². The van der Waals surface area contributed by atoms with E-state index >= 15 is 0 Å². The number of rotatable bonds is 4. The molecule has 2 atom stereocenters. The topological polar surface area (TPSA) is 29.6 Å². The SMILES string of the molecule is Cc1cccc(C2OC2CCC=O)c1. The van der Waals surface area contributed by atoms with Crippen molar-refractivity contribution in [3.8, 4) is 0 Å². The van der Waals surface area contributed by atoms with E-state index in [0.29, 0.717) is 6.42 Å². The maximum atomic E-state index is 10.2. The first-order valence-corrected chi connectivity index (χ1v) is 4.97. The number of hydrogen-bond acceptors (Lipinski definition) is 2. The fraction of sp³-hybridized carbons (Fsp3) is 0.417. The lowest BCUT2D eigenvalue weighted by Gasteiger charge is -1.97. The van der Waals surface area contributed by atoms with Crippen LogP contribution in [-0.4, -0.2) is 12.4 Å². The molecular weight excluding hydrogens is 176 g/mol. The van der Waals surface area contributed by atoms with Gasteiger partial charge in [-0.1, -0.05) is 29.8 Å². The van der Waals surface area contributed by atoms with E-state index in [-0.39, 0.29) is 12.2 Å². The van der Waals surface area contributed by atoms with Crippen LogP contribution in [0.4, 0.5) is 0 Å². The van der Waals surface area contributed by atoms with Crippen LogP contribution in [-0.2, 0) is 9.53 Å². The Morgan fingerprint density at radius 3 is 3.07 bits per heavy atom. The molecule has 1 fully saturated rings. The monoisotopic (exact) mass is 190 g/mol. The number of carbonyl (C=O) groups excluding carboxylic acids is 1. The molecule has 0 aromatic heterocycles. The predicted octanol–water partition coefficient (Wildman–Crippen LogP) is 2.41. The van der Waals surface area contributed by atoms with Gasteiger partial charge in [0.05, 0.1) is 6.10 Å². The van der Waals surface area contributed by atoms with Crippen LogP contribution in [0.3, 0.4) is 0 Å². The van der Waals surface area contributed by atoms with E-state index in [0.717, 1.165) is 12.7 Å². The van der Waals surface area contributed by atoms with E-state index in [4.69, 9.17) is 4.74 Å². The van der Waals surface area contributed by atoms with Gasteiger partial charge in [-0.2, -0.15) is 0 Å². The molecule has 0 radical (unpaired) electrons. The van der Waals surface area contributed by atoms with Crippen molar-refractivity contribution in [2.45, 2.75) is 32.0 Å². The van der Waals surface area contributed by atoms with Gasteiger partial charge in [0.15, 0.2) is 0 Å². The third-order valence-corrected chi connectivity index (χ3v) is 2.52. The Morgan fingerprint density at radius 1 is 1.50 bits per heavy atom. The normalized spacial score (nSPS) is 24.6. The number of epoxide rings is 1. The summed E-state index contributed by atoms with van der Waals surface area (Å²) in [5, 5.41) is 0. The van der Waals surface area contributed by atoms with E-state index in [9.17, 15) is 4.79 Å². The molecule has 0 spiro atoms. The summed E-state index contributed by atoms with van der Waals surface area (Å²) in [6.45, 7) is 2.08. The molecule has 1 aromatic carbocycles. The lowest BCUT2D eigenvalue weighted by atomic mass is 10.1. The van der Waals surface area contributed by atoms with Crippen molar-refractivity contribution in [1.82, 2.24) is 0 Å². The van der Waals surface area contributed by atoms with Crippen molar-refractivity contribution in [3.05, 3.63) is 35.4 Å². The van der Waals surface area contributed by atoms with Crippen molar-refractivity contribution < 1.29 is 9.53 Å². The number of carbonyl (C=O) groups is 1. The maximum absolute atomic E-state index is 10.2. The van der Waals surface area contributed by atoms with Gasteiger partial charge in [-0.05, 0) is 18.9 Å². The van der Waals surface area contributed by atoms with Crippen LogP contribution in [0.15, 0.2) is 24.3 Å². The number of aldehydes is 1. The predicted molar refractivity (Wildman–Crippen MR) is 54.1 cm³/mol. The molecule has 0 aliphatic carbocycles. The first-order valence-electron chi connectivity index (χ1n) is 4.97. The highest BCUT2D eigenvalue weighted by molar-refractivity contribution is 5.49. The number of aryl methyl sites for hydroxylation is 1. The van der Waals surface area contributed by atoms with E-state index in [2.05, 4.69) is 25.1 Å². The zero-order valence-corrected chi connectivity index (χ0v) is 8.27. The Labute approximate surface area is 83.9 Å². The second kappa shape index (κ2) is 3.93.